The maximum atomic E-state index is 10.8. The van der Waals surface area contributed by atoms with Gasteiger partial charge >= 0.3 is 0 Å². The molecule has 0 N–H and O–H groups in total. The number of nitro benzene ring substituents is 1. The van der Waals surface area contributed by atoms with E-state index in [-0.39, 0.29) is 10.6 Å². The summed E-state index contributed by atoms with van der Waals surface area (Å²) in [6, 6.07) is 6.99. The molecule has 0 heterocycles. The molecule has 3 heteroatoms. The summed E-state index contributed by atoms with van der Waals surface area (Å²) < 4.78 is 0. The number of hydrogen-bond acceptors (Lipinski definition) is 2. The molecule has 0 spiro atoms. The Balaban J connectivity index is 2.23. The smallest absolute Gasteiger partial charge is 0.258 e. The first-order valence-electron chi connectivity index (χ1n) is 5.17. The minimum Gasteiger partial charge on any atom is -0.258 e. The molecule has 0 radical (unpaired) electrons. The molecule has 2 rings (SSSR count). The van der Waals surface area contributed by atoms with E-state index in [0.29, 0.717) is 0 Å². The van der Waals surface area contributed by atoms with Crippen LogP contribution in [0.1, 0.15) is 24.8 Å². The van der Waals surface area contributed by atoms with Gasteiger partial charge < -0.3 is 0 Å². The molecule has 0 saturated carbocycles. The zero-order valence-electron chi connectivity index (χ0n) is 8.48. The molecule has 1 aromatic carbocycles. The molecule has 0 saturated heterocycles. The summed E-state index contributed by atoms with van der Waals surface area (Å²) in [5, 5.41) is 10.8. The summed E-state index contributed by atoms with van der Waals surface area (Å²) in [7, 11) is 0. The van der Waals surface area contributed by atoms with Crippen LogP contribution in [0.2, 0.25) is 0 Å². The molecule has 0 aromatic heterocycles. The average Bonchev–Trinajstić information content (AvgIpc) is 2.71. The van der Waals surface area contributed by atoms with Gasteiger partial charge in [-0.2, -0.15) is 0 Å². The molecule has 1 aliphatic carbocycles. The minimum atomic E-state index is -0.301. The van der Waals surface area contributed by atoms with Crippen molar-refractivity contribution < 1.29 is 4.92 Å². The van der Waals surface area contributed by atoms with E-state index in [9.17, 15) is 10.1 Å². The number of rotatable bonds is 3. The fraction of sp³-hybridized carbons (Fsp3) is 0.333. The molecule has 78 valence electrons. The Morgan fingerprint density at radius 1 is 1.33 bits per heavy atom. The first-order valence-corrected chi connectivity index (χ1v) is 5.17. The van der Waals surface area contributed by atoms with Crippen LogP contribution in [0.25, 0.3) is 0 Å². The first kappa shape index (κ1) is 9.90. The predicted octanol–water partition coefficient (Wildman–Crippen LogP) is 3.25. The lowest BCUT2D eigenvalue weighted by atomic mass is 10.0. The van der Waals surface area contributed by atoms with Crippen molar-refractivity contribution >= 4 is 5.69 Å². The van der Waals surface area contributed by atoms with Crippen molar-refractivity contribution in [3.63, 3.8) is 0 Å². The van der Waals surface area contributed by atoms with Crippen molar-refractivity contribution in [1.29, 1.82) is 0 Å². The molecule has 3 nitrogen and oxygen atoms in total. The van der Waals surface area contributed by atoms with Crippen LogP contribution in [-0.2, 0) is 6.42 Å². The second kappa shape index (κ2) is 4.26. The third-order valence-electron chi connectivity index (χ3n) is 2.74. The number of hydrogen-bond donors (Lipinski definition) is 0. The monoisotopic (exact) mass is 203 g/mol. The quantitative estimate of drug-likeness (QED) is 0.430. The first-order chi connectivity index (χ1) is 7.27. The molecule has 0 amide bonds. The molecule has 0 aliphatic heterocycles. The predicted molar refractivity (Wildman–Crippen MR) is 58.7 cm³/mol. The highest BCUT2D eigenvalue weighted by molar-refractivity contribution is 5.42. The van der Waals surface area contributed by atoms with E-state index >= 15 is 0 Å². The molecule has 1 aromatic rings. The van der Waals surface area contributed by atoms with Crippen LogP contribution in [-0.4, -0.2) is 4.92 Å². The Labute approximate surface area is 88.6 Å². The van der Waals surface area contributed by atoms with Gasteiger partial charge in [0.05, 0.1) is 4.92 Å². The second-order valence-electron chi connectivity index (χ2n) is 3.82. The third-order valence-corrected chi connectivity index (χ3v) is 2.74. The lowest BCUT2D eigenvalue weighted by Crippen LogP contribution is -1.96. The molecule has 15 heavy (non-hydrogen) atoms. The highest BCUT2D eigenvalue weighted by atomic mass is 16.6. The summed E-state index contributed by atoms with van der Waals surface area (Å²) in [5.41, 5.74) is 2.41. The largest absolute Gasteiger partial charge is 0.272 e. The molecule has 1 aliphatic rings. The van der Waals surface area contributed by atoms with Crippen molar-refractivity contribution in [2.45, 2.75) is 25.7 Å². The summed E-state index contributed by atoms with van der Waals surface area (Å²) >= 11 is 0. The van der Waals surface area contributed by atoms with E-state index in [1.807, 2.05) is 12.1 Å². The standard InChI is InChI=1S/C12H13NO2/c14-13(15)12-8-4-3-7-11(12)9-10-5-1-2-6-10/h3-5,7-8H,1-2,6,9H2. The summed E-state index contributed by atoms with van der Waals surface area (Å²) in [6.45, 7) is 0. The van der Waals surface area contributed by atoms with Gasteiger partial charge in [-0.05, 0) is 19.3 Å². The lowest BCUT2D eigenvalue weighted by Gasteiger charge is -2.03. The van der Waals surface area contributed by atoms with E-state index in [4.69, 9.17) is 0 Å². The Hall–Kier alpha value is -1.64. The van der Waals surface area contributed by atoms with Crippen molar-refractivity contribution in [3.05, 3.63) is 51.6 Å². The number of nitro groups is 1. The molecule has 0 bridgehead atoms. The maximum Gasteiger partial charge on any atom is 0.272 e. The van der Waals surface area contributed by atoms with Gasteiger partial charge in [0.2, 0.25) is 0 Å². The Kier molecular flexibility index (Phi) is 2.81. The SMILES string of the molecule is O=[N+]([O-])c1ccccc1CC1=CCCC1. The van der Waals surface area contributed by atoms with Crippen molar-refractivity contribution in [2.24, 2.45) is 0 Å². The molecule has 0 atom stereocenters. The molecule has 0 unspecified atom stereocenters. The average molecular weight is 203 g/mol. The van der Waals surface area contributed by atoms with Gasteiger partial charge in [-0.3, -0.25) is 10.1 Å². The van der Waals surface area contributed by atoms with Crippen LogP contribution in [0.15, 0.2) is 35.9 Å². The van der Waals surface area contributed by atoms with Gasteiger partial charge in [0.1, 0.15) is 0 Å². The summed E-state index contributed by atoms with van der Waals surface area (Å²) in [5.74, 6) is 0. The highest BCUT2D eigenvalue weighted by Crippen LogP contribution is 2.26. The van der Waals surface area contributed by atoms with Gasteiger partial charge in [0, 0.05) is 18.1 Å². The summed E-state index contributed by atoms with van der Waals surface area (Å²) in [4.78, 5) is 10.5. The zero-order chi connectivity index (χ0) is 10.7. The van der Waals surface area contributed by atoms with Crippen LogP contribution < -0.4 is 0 Å². The fourth-order valence-electron chi connectivity index (χ4n) is 1.98. The van der Waals surface area contributed by atoms with Crippen LogP contribution in [0.4, 0.5) is 5.69 Å². The van der Waals surface area contributed by atoms with Gasteiger partial charge in [0.15, 0.2) is 0 Å². The number of allylic oxidation sites excluding steroid dienone is 2. The van der Waals surface area contributed by atoms with E-state index < -0.39 is 0 Å². The van der Waals surface area contributed by atoms with Gasteiger partial charge in [-0.25, -0.2) is 0 Å². The van der Waals surface area contributed by atoms with Crippen molar-refractivity contribution in [3.8, 4) is 0 Å². The maximum absolute atomic E-state index is 10.8. The van der Waals surface area contributed by atoms with E-state index in [1.165, 1.54) is 12.0 Å². The van der Waals surface area contributed by atoms with Crippen molar-refractivity contribution in [1.82, 2.24) is 0 Å². The second-order valence-corrected chi connectivity index (χ2v) is 3.82. The molecular formula is C12H13NO2. The zero-order valence-corrected chi connectivity index (χ0v) is 8.48. The fourth-order valence-corrected chi connectivity index (χ4v) is 1.98. The topological polar surface area (TPSA) is 43.1 Å². The minimum absolute atomic E-state index is 0.241. The number of benzene rings is 1. The van der Waals surface area contributed by atoms with Gasteiger partial charge in [-0.1, -0.05) is 29.8 Å². The van der Waals surface area contributed by atoms with Gasteiger partial charge in [-0.15, -0.1) is 0 Å². The highest BCUT2D eigenvalue weighted by Gasteiger charge is 2.14. The Bertz CT molecular complexity index is 410. The van der Waals surface area contributed by atoms with E-state index in [2.05, 4.69) is 6.08 Å². The normalized spacial score (nSPS) is 15.1. The van der Waals surface area contributed by atoms with E-state index in [1.54, 1.807) is 12.1 Å². The third kappa shape index (κ3) is 2.24. The van der Waals surface area contributed by atoms with Crippen LogP contribution in [0, 0.1) is 10.1 Å². The van der Waals surface area contributed by atoms with Crippen LogP contribution >= 0.6 is 0 Å². The molecular weight excluding hydrogens is 190 g/mol. The Morgan fingerprint density at radius 3 is 2.80 bits per heavy atom. The number of nitrogens with zero attached hydrogens (tertiary/aromatic N) is 1. The Morgan fingerprint density at radius 2 is 2.13 bits per heavy atom. The van der Waals surface area contributed by atoms with E-state index in [0.717, 1.165) is 24.8 Å². The van der Waals surface area contributed by atoms with Crippen LogP contribution in [0.3, 0.4) is 0 Å². The van der Waals surface area contributed by atoms with Gasteiger partial charge in [0.25, 0.3) is 5.69 Å². The van der Waals surface area contributed by atoms with Crippen LogP contribution in [0.5, 0.6) is 0 Å². The summed E-state index contributed by atoms with van der Waals surface area (Å²) in [6.07, 6.45) is 6.34. The lowest BCUT2D eigenvalue weighted by molar-refractivity contribution is -0.385. The molecule has 0 fully saturated rings. The number of para-hydroxylation sites is 1. The van der Waals surface area contributed by atoms with Crippen molar-refractivity contribution in [2.75, 3.05) is 0 Å².